The van der Waals surface area contributed by atoms with Gasteiger partial charge in [-0.2, -0.15) is 10.1 Å². The molecule has 0 bridgehead atoms. The van der Waals surface area contributed by atoms with Gasteiger partial charge in [0.2, 0.25) is 5.95 Å². The third-order valence-corrected chi connectivity index (χ3v) is 2.63. The molecule has 0 spiro atoms. The highest BCUT2D eigenvalue weighted by molar-refractivity contribution is 5.59. The van der Waals surface area contributed by atoms with Crippen molar-refractivity contribution in [2.75, 3.05) is 36.2 Å². The molecule has 0 fully saturated rings. The molecule has 0 saturated heterocycles. The summed E-state index contributed by atoms with van der Waals surface area (Å²) in [5.41, 5.74) is 2.05. The van der Waals surface area contributed by atoms with E-state index in [1.807, 2.05) is 43.3 Å². The first-order chi connectivity index (χ1) is 9.69. The van der Waals surface area contributed by atoms with Crippen LogP contribution in [0.1, 0.15) is 0 Å². The molecule has 2 rings (SSSR count). The van der Waals surface area contributed by atoms with Crippen LogP contribution in [0.25, 0.3) is 0 Å². The Balaban J connectivity index is 2.07. The van der Waals surface area contributed by atoms with E-state index in [4.69, 9.17) is 0 Å². The average molecular weight is 270 g/mol. The van der Waals surface area contributed by atoms with E-state index in [-0.39, 0.29) is 0 Å². The molecular formula is C14H18N6. The summed E-state index contributed by atoms with van der Waals surface area (Å²) in [6.45, 7) is 4.28. The Kier molecular flexibility index (Phi) is 4.49. The Labute approximate surface area is 118 Å². The normalized spacial score (nSPS) is 9.90. The van der Waals surface area contributed by atoms with Gasteiger partial charge in [-0.05, 0) is 24.3 Å². The Morgan fingerprint density at radius 3 is 2.65 bits per heavy atom. The first-order valence-electron chi connectivity index (χ1n) is 6.28. The van der Waals surface area contributed by atoms with Crippen LogP contribution in [0.4, 0.5) is 23.1 Å². The highest BCUT2D eigenvalue weighted by Crippen LogP contribution is 2.18. The Morgan fingerprint density at radius 2 is 2.00 bits per heavy atom. The minimum absolute atomic E-state index is 0.455. The van der Waals surface area contributed by atoms with Gasteiger partial charge < -0.3 is 15.5 Å². The second-order valence-electron chi connectivity index (χ2n) is 4.40. The molecule has 2 aromatic rings. The van der Waals surface area contributed by atoms with Crippen molar-refractivity contribution in [3.05, 3.63) is 43.1 Å². The van der Waals surface area contributed by atoms with E-state index in [0.717, 1.165) is 11.4 Å². The largest absolute Gasteiger partial charge is 0.378 e. The number of nitrogens with one attached hydrogen (secondary N) is 2. The molecule has 0 amide bonds. The van der Waals surface area contributed by atoms with Crippen molar-refractivity contribution in [2.45, 2.75) is 0 Å². The second kappa shape index (κ2) is 6.51. The summed E-state index contributed by atoms with van der Waals surface area (Å²) in [6, 6.07) is 8.00. The van der Waals surface area contributed by atoms with Crippen LogP contribution in [0.2, 0.25) is 0 Å². The number of aromatic nitrogens is 3. The zero-order valence-corrected chi connectivity index (χ0v) is 11.7. The lowest BCUT2D eigenvalue weighted by Crippen LogP contribution is -2.08. The van der Waals surface area contributed by atoms with Gasteiger partial charge in [-0.3, -0.25) is 0 Å². The highest BCUT2D eigenvalue weighted by Gasteiger charge is 2.01. The fraction of sp³-hybridized carbons (Fsp3) is 0.214. The Morgan fingerprint density at radius 1 is 1.25 bits per heavy atom. The van der Waals surface area contributed by atoms with Crippen LogP contribution in [0.5, 0.6) is 0 Å². The summed E-state index contributed by atoms with van der Waals surface area (Å²) < 4.78 is 0. The molecule has 0 saturated carbocycles. The van der Waals surface area contributed by atoms with Crippen molar-refractivity contribution >= 4 is 23.1 Å². The molecule has 0 aliphatic heterocycles. The number of anilines is 4. The molecule has 2 N–H and O–H groups in total. The number of benzene rings is 1. The second-order valence-corrected chi connectivity index (χ2v) is 4.40. The molecule has 0 radical (unpaired) electrons. The molecule has 20 heavy (non-hydrogen) atoms. The minimum Gasteiger partial charge on any atom is -0.378 e. The van der Waals surface area contributed by atoms with Gasteiger partial charge in [-0.25, -0.2) is 0 Å². The lowest BCUT2D eigenvalue weighted by Gasteiger charge is -2.13. The average Bonchev–Trinajstić information content (AvgIpc) is 2.46. The van der Waals surface area contributed by atoms with E-state index in [1.165, 1.54) is 0 Å². The van der Waals surface area contributed by atoms with E-state index in [0.29, 0.717) is 18.3 Å². The third-order valence-electron chi connectivity index (χ3n) is 2.63. The molecule has 0 atom stereocenters. The van der Waals surface area contributed by atoms with Crippen LogP contribution in [-0.4, -0.2) is 35.8 Å². The van der Waals surface area contributed by atoms with Crippen molar-refractivity contribution < 1.29 is 0 Å². The first kappa shape index (κ1) is 13.8. The fourth-order valence-electron chi connectivity index (χ4n) is 1.59. The molecule has 0 aliphatic rings. The van der Waals surface area contributed by atoms with E-state index < -0.39 is 0 Å². The fourth-order valence-corrected chi connectivity index (χ4v) is 1.59. The van der Waals surface area contributed by atoms with Crippen LogP contribution < -0.4 is 15.5 Å². The van der Waals surface area contributed by atoms with Gasteiger partial charge in [0.25, 0.3) is 0 Å². The minimum atomic E-state index is 0.455. The number of nitrogens with zero attached hydrogens (tertiary/aromatic N) is 4. The van der Waals surface area contributed by atoms with E-state index in [1.54, 1.807) is 12.3 Å². The smallest absolute Gasteiger partial charge is 0.249 e. The molecule has 0 unspecified atom stereocenters. The van der Waals surface area contributed by atoms with Gasteiger partial charge in [0.15, 0.2) is 5.82 Å². The molecule has 6 heteroatoms. The van der Waals surface area contributed by atoms with Crippen LogP contribution in [-0.2, 0) is 0 Å². The van der Waals surface area contributed by atoms with Gasteiger partial charge in [-0.1, -0.05) is 6.08 Å². The van der Waals surface area contributed by atoms with Crippen molar-refractivity contribution in [1.29, 1.82) is 0 Å². The lowest BCUT2D eigenvalue weighted by atomic mass is 10.2. The summed E-state index contributed by atoms with van der Waals surface area (Å²) >= 11 is 0. The van der Waals surface area contributed by atoms with Crippen LogP contribution in [0.15, 0.2) is 43.1 Å². The zero-order chi connectivity index (χ0) is 14.4. The summed E-state index contributed by atoms with van der Waals surface area (Å²) in [4.78, 5) is 6.35. The van der Waals surface area contributed by atoms with Crippen LogP contribution in [0, 0.1) is 0 Å². The summed E-state index contributed by atoms with van der Waals surface area (Å²) in [7, 11) is 4.01. The molecule has 1 aromatic heterocycles. The van der Waals surface area contributed by atoms with E-state index in [9.17, 15) is 0 Å². The van der Waals surface area contributed by atoms with Gasteiger partial charge >= 0.3 is 0 Å². The topological polar surface area (TPSA) is 66.0 Å². The number of hydrogen-bond donors (Lipinski definition) is 2. The summed E-state index contributed by atoms with van der Waals surface area (Å²) in [6.07, 6.45) is 3.33. The maximum Gasteiger partial charge on any atom is 0.249 e. The van der Waals surface area contributed by atoms with Gasteiger partial charge in [0.1, 0.15) is 0 Å². The predicted molar refractivity (Wildman–Crippen MR) is 82.6 cm³/mol. The summed E-state index contributed by atoms with van der Waals surface area (Å²) in [5.74, 6) is 1.11. The SMILES string of the molecule is C=CCNc1cnnc(Nc2ccc(N(C)C)cc2)n1. The molecular weight excluding hydrogens is 252 g/mol. The number of rotatable bonds is 6. The van der Waals surface area contributed by atoms with Crippen molar-refractivity contribution in [2.24, 2.45) is 0 Å². The molecule has 6 nitrogen and oxygen atoms in total. The predicted octanol–water partition coefficient (Wildman–Crippen LogP) is 2.28. The maximum absolute atomic E-state index is 4.31. The maximum atomic E-state index is 4.31. The van der Waals surface area contributed by atoms with Crippen molar-refractivity contribution in [1.82, 2.24) is 15.2 Å². The lowest BCUT2D eigenvalue weighted by molar-refractivity contribution is 0.976. The Hall–Kier alpha value is -2.63. The Bertz CT molecular complexity index is 564. The van der Waals surface area contributed by atoms with Crippen LogP contribution in [0.3, 0.4) is 0 Å². The third kappa shape index (κ3) is 3.68. The standard InChI is InChI=1S/C14H18N6/c1-4-9-15-13-10-16-19-14(18-13)17-11-5-7-12(8-6-11)20(2)3/h4-8,10H,1,9H2,2-3H3,(H2,15,17,18,19). The van der Waals surface area contributed by atoms with Gasteiger partial charge in [-0.15, -0.1) is 11.7 Å². The molecule has 1 aromatic carbocycles. The highest BCUT2D eigenvalue weighted by atomic mass is 15.3. The summed E-state index contributed by atoms with van der Waals surface area (Å²) in [5, 5.41) is 14.0. The van der Waals surface area contributed by atoms with Gasteiger partial charge in [0.05, 0.1) is 6.20 Å². The molecule has 0 aliphatic carbocycles. The van der Waals surface area contributed by atoms with E-state index in [2.05, 4.69) is 32.4 Å². The van der Waals surface area contributed by atoms with Crippen molar-refractivity contribution in [3.8, 4) is 0 Å². The van der Waals surface area contributed by atoms with Crippen molar-refractivity contribution in [3.63, 3.8) is 0 Å². The first-order valence-corrected chi connectivity index (χ1v) is 6.28. The molecule has 104 valence electrons. The van der Waals surface area contributed by atoms with Crippen LogP contribution >= 0.6 is 0 Å². The monoisotopic (exact) mass is 270 g/mol. The quantitative estimate of drug-likeness (QED) is 0.785. The van der Waals surface area contributed by atoms with Gasteiger partial charge in [0, 0.05) is 32.0 Å². The zero-order valence-electron chi connectivity index (χ0n) is 11.7. The number of hydrogen-bond acceptors (Lipinski definition) is 6. The van der Waals surface area contributed by atoms with E-state index >= 15 is 0 Å². The molecule has 1 heterocycles.